The highest BCUT2D eigenvalue weighted by Crippen LogP contribution is 2.47. The molecule has 0 radical (unpaired) electrons. The van der Waals surface area contributed by atoms with Crippen LogP contribution in [0.25, 0.3) is 0 Å². The van der Waals surface area contributed by atoms with Crippen molar-refractivity contribution in [3.8, 4) is 0 Å². The zero-order valence-electron chi connectivity index (χ0n) is 12.6. The molecule has 1 aromatic carbocycles. The van der Waals surface area contributed by atoms with E-state index in [1.807, 2.05) is 0 Å². The first-order valence-corrected chi connectivity index (χ1v) is 8.16. The number of benzene rings is 1. The van der Waals surface area contributed by atoms with E-state index in [1.54, 1.807) is 31.2 Å². The molecule has 3 nitrogen and oxygen atoms in total. The van der Waals surface area contributed by atoms with Crippen LogP contribution in [-0.4, -0.2) is 17.3 Å². The summed E-state index contributed by atoms with van der Waals surface area (Å²) in [7, 11) is 0. The summed E-state index contributed by atoms with van der Waals surface area (Å²) < 4.78 is 0. The molecule has 0 amide bonds. The maximum absolute atomic E-state index is 12.6. The molecule has 2 aliphatic carbocycles. The van der Waals surface area contributed by atoms with Gasteiger partial charge >= 0.3 is 0 Å². The minimum absolute atomic E-state index is 0.0509. The van der Waals surface area contributed by atoms with Gasteiger partial charge in [-0.25, -0.2) is 0 Å². The average molecular weight is 319 g/mol. The largest absolute Gasteiger partial charge is 0.299 e. The van der Waals surface area contributed by atoms with Gasteiger partial charge in [0.15, 0.2) is 5.78 Å². The molecule has 2 saturated carbocycles. The molecule has 0 saturated heterocycles. The van der Waals surface area contributed by atoms with Crippen molar-refractivity contribution in [2.45, 2.75) is 39.0 Å². The Balaban J connectivity index is 1.74. The van der Waals surface area contributed by atoms with Crippen LogP contribution in [0.2, 0.25) is 5.02 Å². The molecule has 116 valence electrons. The van der Waals surface area contributed by atoms with Crippen molar-refractivity contribution in [2.24, 2.45) is 17.3 Å². The molecule has 0 N–H and O–H groups in total. The first kappa shape index (κ1) is 15.4. The van der Waals surface area contributed by atoms with Gasteiger partial charge in [0.25, 0.3) is 0 Å². The molecule has 0 spiro atoms. The highest BCUT2D eigenvalue weighted by molar-refractivity contribution is 6.30. The molecular formula is C18H19ClO3. The molecule has 1 aromatic rings. The fraction of sp³-hybridized carbons (Fsp3) is 0.500. The van der Waals surface area contributed by atoms with Gasteiger partial charge in [-0.3, -0.25) is 14.4 Å². The highest BCUT2D eigenvalue weighted by Gasteiger charge is 2.52. The van der Waals surface area contributed by atoms with E-state index in [4.69, 9.17) is 11.6 Å². The monoisotopic (exact) mass is 318 g/mol. The molecule has 4 heteroatoms. The van der Waals surface area contributed by atoms with Gasteiger partial charge in [0, 0.05) is 29.3 Å². The van der Waals surface area contributed by atoms with E-state index in [1.165, 1.54) is 0 Å². The third-order valence-electron chi connectivity index (χ3n) is 5.38. The number of halogens is 1. The molecule has 2 bridgehead atoms. The van der Waals surface area contributed by atoms with Gasteiger partial charge < -0.3 is 0 Å². The molecule has 3 atom stereocenters. The molecular weight excluding hydrogens is 300 g/mol. The molecule has 0 heterocycles. The van der Waals surface area contributed by atoms with Crippen LogP contribution >= 0.6 is 11.6 Å². The number of ketones is 3. The van der Waals surface area contributed by atoms with Gasteiger partial charge in [-0.15, -0.1) is 0 Å². The van der Waals surface area contributed by atoms with E-state index in [2.05, 4.69) is 0 Å². The highest BCUT2D eigenvalue weighted by atomic mass is 35.5. The third-order valence-corrected chi connectivity index (χ3v) is 5.63. The number of rotatable bonds is 3. The van der Waals surface area contributed by atoms with Crippen molar-refractivity contribution < 1.29 is 14.4 Å². The molecule has 2 fully saturated rings. The Morgan fingerprint density at radius 1 is 1.23 bits per heavy atom. The van der Waals surface area contributed by atoms with Gasteiger partial charge in [0.1, 0.15) is 11.6 Å². The standard InChI is InChI=1S/C18H19ClO3/c1-18-9-8-12(14(17(18)22)6-7-16(18)21)10-15(20)11-2-4-13(19)5-3-11/h2-5,12,14H,6-10H2,1H3/t12-,14+,18+/m0/s1. The summed E-state index contributed by atoms with van der Waals surface area (Å²) in [4.78, 5) is 37.0. The Hall–Kier alpha value is -1.48. The van der Waals surface area contributed by atoms with Gasteiger partial charge in [0.2, 0.25) is 0 Å². The zero-order chi connectivity index (χ0) is 15.9. The first-order valence-electron chi connectivity index (χ1n) is 7.78. The van der Waals surface area contributed by atoms with Crippen LogP contribution in [0, 0.1) is 17.3 Å². The molecule has 0 aromatic heterocycles. The topological polar surface area (TPSA) is 51.2 Å². The lowest BCUT2D eigenvalue weighted by Crippen LogP contribution is -2.51. The Bertz CT molecular complexity index is 634. The van der Waals surface area contributed by atoms with Crippen LogP contribution in [-0.2, 0) is 9.59 Å². The Morgan fingerprint density at radius 3 is 2.59 bits per heavy atom. The number of carbonyl (C=O) groups excluding carboxylic acids is 3. The van der Waals surface area contributed by atoms with Crippen LogP contribution in [0.4, 0.5) is 0 Å². The lowest BCUT2D eigenvalue weighted by atomic mass is 9.57. The normalized spacial score (nSPS) is 31.2. The summed E-state index contributed by atoms with van der Waals surface area (Å²) in [5.74, 6) is 0.125. The third kappa shape index (κ3) is 2.52. The van der Waals surface area contributed by atoms with Crippen molar-refractivity contribution in [2.75, 3.05) is 0 Å². The quantitative estimate of drug-likeness (QED) is 0.628. The fourth-order valence-electron chi connectivity index (χ4n) is 3.86. The average Bonchev–Trinajstić information content (AvgIpc) is 2.49. The van der Waals surface area contributed by atoms with E-state index in [9.17, 15) is 14.4 Å². The maximum Gasteiger partial charge on any atom is 0.163 e. The molecule has 0 unspecified atom stereocenters. The first-order chi connectivity index (χ1) is 10.4. The predicted octanol–water partition coefficient (Wildman–Crippen LogP) is 3.88. The summed E-state index contributed by atoms with van der Waals surface area (Å²) >= 11 is 5.84. The second-order valence-electron chi connectivity index (χ2n) is 6.70. The van der Waals surface area contributed by atoms with Crippen molar-refractivity contribution in [1.29, 1.82) is 0 Å². The lowest BCUT2D eigenvalue weighted by Gasteiger charge is -2.44. The molecule has 0 aliphatic heterocycles. The van der Waals surface area contributed by atoms with Crippen LogP contribution < -0.4 is 0 Å². The maximum atomic E-state index is 12.6. The number of hydrogen-bond acceptors (Lipinski definition) is 3. The van der Waals surface area contributed by atoms with E-state index < -0.39 is 5.41 Å². The fourth-order valence-corrected chi connectivity index (χ4v) is 3.99. The van der Waals surface area contributed by atoms with Gasteiger partial charge in [0.05, 0.1) is 5.41 Å². The van der Waals surface area contributed by atoms with Crippen molar-refractivity contribution in [3.63, 3.8) is 0 Å². The zero-order valence-corrected chi connectivity index (χ0v) is 13.4. The minimum atomic E-state index is -0.789. The molecule has 2 aliphatic rings. The number of carbonyl (C=O) groups is 3. The molecule has 22 heavy (non-hydrogen) atoms. The van der Waals surface area contributed by atoms with Crippen molar-refractivity contribution >= 4 is 29.0 Å². The lowest BCUT2D eigenvalue weighted by molar-refractivity contribution is -0.152. The Kier molecular flexibility index (Phi) is 3.94. The van der Waals surface area contributed by atoms with E-state index in [0.29, 0.717) is 36.3 Å². The number of fused-ring (bicyclic) bond motifs is 2. The summed E-state index contributed by atoms with van der Waals surface area (Å²) in [6, 6.07) is 6.86. The second-order valence-corrected chi connectivity index (χ2v) is 7.13. The summed E-state index contributed by atoms with van der Waals surface area (Å²) in [6.45, 7) is 1.78. The van der Waals surface area contributed by atoms with Crippen molar-refractivity contribution in [3.05, 3.63) is 34.9 Å². The van der Waals surface area contributed by atoms with Gasteiger partial charge in [-0.05, 0) is 56.4 Å². The van der Waals surface area contributed by atoms with Crippen LogP contribution in [0.3, 0.4) is 0 Å². The Morgan fingerprint density at radius 2 is 1.91 bits per heavy atom. The summed E-state index contributed by atoms with van der Waals surface area (Å²) in [6.07, 6.45) is 2.81. The van der Waals surface area contributed by atoms with Crippen LogP contribution in [0.5, 0.6) is 0 Å². The Labute approximate surface area is 135 Å². The summed E-state index contributed by atoms with van der Waals surface area (Å²) in [5.41, 5.74) is -0.153. The minimum Gasteiger partial charge on any atom is -0.299 e. The van der Waals surface area contributed by atoms with E-state index in [0.717, 1.165) is 6.42 Å². The number of hydrogen-bond donors (Lipinski definition) is 0. The number of Topliss-reactive ketones (excluding diaryl/α,β-unsaturated/α-hetero) is 3. The van der Waals surface area contributed by atoms with Crippen LogP contribution in [0.1, 0.15) is 49.4 Å². The second kappa shape index (κ2) is 5.62. The smallest absolute Gasteiger partial charge is 0.163 e. The van der Waals surface area contributed by atoms with Gasteiger partial charge in [-0.1, -0.05) is 11.6 Å². The van der Waals surface area contributed by atoms with Crippen LogP contribution in [0.15, 0.2) is 24.3 Å². The molecule has 3 rings (SSSR count). The van der Waals surface area contributed by atoms with E-state index >= 15 is 0 Å². The SMILES string of the molecule is C[C@@]12CC[C@@H](CC(=O)c3ccc(Cl)cc3)[C@@H](CCC1=O)C2=O. The van der Waals surface area contributed by atoms with E-state index in [-0.39, 0.29) is 29.2 Å². The summed E-state index contributed by atoms with van der Waals surface area (Å²) in [5, 5.41) is 0.603. The predicted molar refractivity (Wildman–Crippen MR) is 84.0 cm³/mol. The van der Waals surface area contributed by atoms with Crippen molar-refractivity contribution in [1.82, 2.24) is 0 Å². The van der Waals surface area contributed by atoms with Gasteiger partial charge in [-0.2, -0.15) is 0 Å².